The maximum Gasteiger partial charge on any atom is 0.308 e. The number of aliphatic hydroxyl groups is 1. The molecule has 76 valence electrons. The van der Waals surface area contributed by atoms with E-state index in [0.29, 0.717) is 11.5 Å². The molecule has 1 aliphatic heterocycles. The first-order valence-electron chi connectivity index (χ1n) is 4.28. The molecule has 13 heavy (non-hydrogen) atoms. The molecule has 0 radical (unpaired) electrons. The number of ether oxygens (including phenoxy) is 1. The monoisotopic (exact) mass is 223 g/mol. The van der Waals surface area contributed by atoms with Crippen molar-refractivity contribution >= 4 is 27.6 Å². The van der Waals surface area contributed by atoms with E-state index < -0.39 is 6.10 Å². The van der Waals surface area contributed by atoms with Crippen LogP contribution in [0.25, 0.3) is 0 Å². The van der Waals surface area contributed by atoms with Gasteiger partial charge in [0, 0.05) is 10.8 Å². The van der Waals surface area contributed by atoms with E-state index in [1.54, 1.807) is 24.6 Å². The fraction of sp³-hybridized carbons (Fsp3) is 0.875. The van der Waals surface area contributed by atoms with Crippen LogP contribution in [-0.4, -0.2) is 34.8 Å². The minimum absolute atomic E-state index is 0.114. The van der Waals surface area contributed by atoms with Crippen LogP contribution in [0.15, 0.2) is 0 Å². The van der Waals surface area contributed by atoms with Gasteiger partial charge in [-0.1, -0.05) is 13.8 Å². The Morgan fingerprint density at radius 3 is 2.92 bits per heavy atom. The second-order valence-corrected chi connectivity index (χ2v) is 6.07. The fourth-order valence-electron chi connectivity index (χ4n) is 0.882. The smallest absolute Gasteiger partial charge is 0.308 e. The summed E-state index contributed by atoms with van der Waals surface area (Å²) in [6, 6.07) is 0. The fourth-order valence-corrected chi connectivity index (χ4v) is 3.45. The Balaban J connectivity index is 2.38. The van der Waals surface area contributed by atoms with Gasteiger partial charge in [-0.05, 0) is 0 Å². The molecule has 0 bridgehead atoms. The highest BCUT2D eigenvalue weighted by Crippen LogP contribution is 2.19. The Morgan fingerprint density at radius 2 is 2.38 bits per heavy atom. The van der Waals surface area contributed by atoms with Crippen molar-refractivity contribution in [1.29, 1.82) is 0 Å². The van der Waals surface area contributed by atoms with Crippen molar-refractivity contribution < 1.29 is 14.6 Å². The lowest BCUT2D eigenvalue weighted by Crippen LogP contribution is -2.39. The maximum atomic E-state index is 11.2. The van der Waals surface area contributed by atoms with Gasteiger partial charge in [-0.3, -0.25) is 4.79 Å². The van der Waals surface area contributed by atoms with Crippen LogP contribution in [0.3, 0.4) is 0 Å². The predicted octanol–water partition coefficient (Wildman–Crippen LogP) is 0.392. The van der Waals surface area contributed by atoms with E-state index in [4.69, 9.17) is 4.74 Å². The minimum Gasteiger partial charge on any atom is -0.458 e. The quantitative estimate of drug-likeness (QED) is 0.318. The number of hydrogen-bond donors (Lipinski definition) is 1. The van der Waals surface area contributed by atoms with Gasteiger partial charge in [0.05, 0.1) is 22.5 Å². The average Bonchev–Trinajstić information content (AvgIpc) is 2.08. The predicted molar refractivity (Wildman–Crippen MR) is 56.8 cm³/mol. The van der Waals surface area contributed by atoms with E-state index in [1.165, 1.54) is 10.8 Å². The number of aliphatic hydroxyl groups excluding tert-OH is 1. The van der Waals surface area contributed by atoms with E-state index in [1.807, 2.05) is 0 Å². The van der Waals surface area contributed by atoms with E-state index in [9.17, 15) is 9.90 Å². The molecule has 0 spiro atoms. The molecule has 0 amide bonds. The molecule has 5 heteroatoms. The van der Waals surface area contributed by atoms with Gasteiger partial charge < -0.3 is 9.84 Å². The summed E-state index contributed by atoms with van der Waals surface area (Å²) in [4.78, 5) is 11.2. The molecule has 1 aliphatic rings. The zero-order valence-corrected chi connectivity index (χ0v) is 9.48. The second kappa shape index (κ2) is 5.12. The van der Waals surface area contributed by atoms with Crippen LogP contribution < -0.4 is 0 Å². The number of carbonyl (C=O) groups excluding carboxylic acids is 1. The Bertz CT molecular complexity index is 184. The first kappa shape index (κ1) is 11.2. The largest absolute Gasteiger partial charge is 0.458 e. The highest BCUT2D eigenvalue weighted by molar-refractivity contribution is 8.66. The van der Waals surface area contributed by atoms with Crippen molar-refractivity contribution in [2.75, 3.05) is 11.5 Å². The summed E-state index contributed by atoms with van der Waals surface area (Å²) in [7, 11) is 2.87. The molecule has 2 atom stereocenters. The van der Waals surface area contributed by atoms with Crippen molar-refractivity contribution in [2.24, 2.45) is 5.92 Å². The SMILES string of the molecule is CC(C)C(=O)O[C@H]1CS[SH+]C[C@@H]1O. The summed E-state index contributed by atoms with van der Waals surface area (Å²) in [6.45, 7) is 3.59. The lowest BCUT2D eigenvalue weighted by molar-refractivity contribution is -0.156. The third-order valence-electron chi connectivity index (χ3n) is 1.76. The summed E-state index contributed by atoms with van der Waals surface area (Å²) in [6.07, 6.45) is -0.785. The van der Waals surface area contributed by atoms with Gasteiger partial charge in [-0.15, -0.1) is 0 Å². The third-order valence-corrected chi connectivity index (χ3v) is 4.39. The topological polar surface area (TPSA) is 46.5 Å². The molecule has 0 aromatic carbocycles. The van der Waals surface area contributed by atoms with Crippen LogP contribution in [0.1, 0.15) is 13.8 Å². The van der Waals surface area contributed by atoms with E-state index in [0.717, 1.165) is 0 Å². The molecule has 1 N–H and O–H groups in total. The van der Waals surface area contributed by atoms with Crippen LogP contribution in [0, 0.1) is 5.92 Å². The van der Waals surface area contributed by atoms with Crippen LogP contribution in [0.2, 0.25) is 0 Å². The lowest BCUT2D eigenvalue weighted by Gasteiger charge is -2.23. The van der Waals surface area contributed by atoms with Gasteiger partial charge in [-0.2, -0.15) is 0 Å². The second-order valence-electron chi connectivity index (χ2n) is 3.30. The summed E-state index contributed by atoms with van der Waals surface area (Å²) in [5.41, 5.74) is 0. The first-order valence-corrected chi connectivity index (χ1v) is 6.95. The molecule has 0 aromatic rings. The maximum absolute atomic E-state index is 11.2. The van der Waals surface area contributed by atoms with Gasteiger partial charge in [-0.25, -0.2) is 0 Å². The molecule has 0 unspecified atom stereocenters. The number of carbonyl (C=O) groups is 1. The Kier molecular flexibility index (Phi) is 4.41. The highest BCUT2D eigenvalue weighted by atomic mass is 33.1. The summed E-state index contributed by atoms with van der Waals surface area (Å²) in [5, 5.41) is 9.50. The number of esters is 1. The minimum atomic E-state index is -0.481. The summed E-state index contributed by atoms with van der Waals surface area (Å²) in [5.74, 6) is 1.07. The summed E-state index contributed by atoms with van der Waals surface area (Å²) >= 11 is 0. The van der Waals surface area contributed by atoms with Crippen LogP contribution in [-0.2, 0) is 20.3 Å². The molecule has 0 aliphatic carbocycles. The molecule has 1 rings (SSSR count). The van der Waals surface area contributed by atoms with E-state index in [-0.39, 0.29) is 18.0 Å². The van der Waals surface area contributed by atoms with Crippen molar-refractivity contribution in [3.8, 4) is 0 Å². The molecule has 1 heterocycles. The van der Waals surface area contributed by atoms with E-state index >= 15 is 0 Å². The molecule has 0 aromatic heterocycles. The molecular weight excluding hydrogens is 208 g/mol. The van der Waals surface area contributed by atoms with E-state index in [2.05, 4.69) is 0 Å². The molecule has 1 saturated heterocycles. The lowest BCUT2D eigenvalue weighted by atomic mass is 10.2. The van der Waals surface area contributed by atoms with Crippen molar-refractivity contribution in [3.63, 3.8) is 0 Å². The van der Waals surface area contributed by atoms with Gasteiger partial charge >= 0.3 is 5.97 Å². The molecule has 1 fully saturated rings. The molecular formula is C8H15O3S2+. The zero-order chi connectivity index (χ0) is 9.84. The van der Waals surface area contributed by atoms with Gasteiger partial charge in [0.1, 0.15) is 18.0 Å². The normalized spacial score (nSPS) is 28.9. The van der Waals surface area contributed by atoms with Gasteiger partial charge in [0.25, 0.3) is 0 Å². The third kappa shape index (κ3) is 3.40. The van der Waals surface area contributed by atoms with Crippen LogP contribution in [0.4, 0.5) is 0 Å². The van der Waals surface area contributed by atoms with Crippen LogP contribution >= 0.6 is 10.8 Å². The zero-order valence-electron chi connectivity index (χ0n) is 7.77. The number of thiol groups is 1. The Morgan fingerprint density at radius 1 is 1.69 bits per heavy atom. The standard InChI is InChI=1S/C8H14O3S2/c1-5(2)8(10)11-7-4-13-12-3-6(7)9/h5-7,9H,3-4H2,1-2H3/p+1/t6-,7-/m0/s1. The first-order chi connectivity index (χ1) is 6.11. The average molecular weight is 223 g/mol. The highest BCUT2D eigenvalue weighted by Gasteiger charge is 2.32. The van der Waals surface area contributed by atoms with Gasteiger partial charge in [0.15, 0.2) is 0 Å². The summed E-state index contributed by atoms with van der Waals surface area (Å²) < 4.78 is 5.15. The number of hydrogen-bond acceptors (Lipinski definition) is 4. The molecule has 3 nitrogen and oxygen atoms in total. The molecule has 0 saturated carbocycles. The van der Waals surface area contributed by atoms with Crippen molar-refractivity contribution in [3.05, 3.63) is 0 Å². The number of rotatable bonds is 2. The Labute approximate surface area is 86.0 Å². The van der Waals surface area contributed by atoms with Crippen molar-refractivity contribution in [2.45, 2.75) is 26.1 Å². The Hall–Kier alpha value is 0.130. The van der Waals surface area contributed by atoms with Gasteiger partial charge in [0.2, 0.25) is 0 Å². The van der Waals surface area contributed by atoms with Crippen molar-refractivity contribution in [1.82, 2.24) is 0 Å². The van der Waals surface area contributed by atoms with Crippen LogP contribution in [0.5, 0.6) is 0 Å².